The quantitative estimate of drug-likeness (QED) is 0.479. The average Bonchev–Trinajstić information content (AvgIpc) is 3.17. The number of amides is 1. The minimum Gasteiger partial charge on any atom is -0.350 e. The molecular formula is C27H36N4O3S. The van der Waals surface area contributed by atoms with Crippen molar-refractivity contribution >= 4 is 27.0 Å². The van der Waals surface area contributed by atoms with Gasteiger partial charge in [0.05, 0.1) is 22.0 Å². The predicted octanol–water partition coefficient (Wildman–Crippen LogP) is 4.29. The molecule has 0 saturated carbocycles. The van der Waals surface area contributed by atoms with E-state index < -0.39 is 10.0 Å². The normalized spacial score (nSPS) is 14.8. The number of imidazole rings is 1. The summed E-state index contributed by atoms with van der Waals surface area (Å²) in [5.41, 5.74) is 5.47. The van der Waals surface area contributed by atoms with Gasteiger partial charge in [-0.2, -0.15) is 4.31 Å². The number of aryl methyl sites for hydroxylation is 4. The maximum atomic E-state index is 12.9. The number of hydrogen-bond acceptors (Lipinski definition) is 4. The van der Waals surface area contributed by atoms with Gasteiger partial charge in [-0.1, -0.05) is 32.0 Å². The highest BCUT2D eigenvalue weighted by Crippen LogP contribution is 2.25. The fraction of sp³-hybridized carbons (Fsp3) is 0.481. The highest BCUT2D eigenvalue weighted by molar-refractivity contribution is 7.89. The number of carbonyl (C=O) groups is 1. The summed E-state index contributed by atoms with van der Waals surface area (Å²) >= 11 is 0. The van der Waals surface area contributed by atoms with Crippen molar-refractivity contribution in [3.8, 4) is 0 Å². The summed E-state index contributed by atoms with van der Waals surface area (Å²) in [6.45, 7) is 6.52. The summed E-state index contributed by atoms with van der Waals surface area (Å²) in [7, 11) is -1.65. The molecule has 1 N–H and O–H groups in total. The van der Waals surface area contributed by atoms with Gasteiger partial charge >= 0.3 is 0 Å². The summed E-state index contributed by atoms with van der Waals surface area (Å²) in [4.78, 5) is 17.6. The lowest BCUT2D eigenvalue weighted by molar-refractivity contribution is -0.121. The molecule has 4 rings (SSSR count). The molecule has 1 aliphatic carbocycles. The standard InChI is InChI=1S/C27H36N4O3S/c1-5-31(6-2)35(33,34)23-13-14-25-24(18-23)29-26(30(25)4)15-16-27(32)28-19(3)21-12-11-20-9-7-8-10-22(20)17-21/h11-14,17-19H,5-10,15-16H2,1-4H3,(H,28,32). The van der Waals surface area contributed by atoms with Crippen LogP contribution in [0.15, 0.2) is 41.3 Å². The second-order valence-corrected chi connectivity index (χ2v) is 11.3. The first-order chi connectivity index (χ1) is 16.7. The van der Waals surface area contributed by atoms with Crippen molar-refractivity contribution < 1.29 is 13.2 Å². The molecule has 1 amide bonds. The van der Waals surface area contributed by atoms with Crippen molar-refractivity contribution in [2.24, 2.45) is 7.05 Å². The predicted molar refractivity (Wildman–Crippen MR) is 139 cm³/mol. The van der Waals surface area contributed by atoms with Gasteiger partial charge in [0, 0.05) is 33.0 Å². The van der Waals surface area contributed by atoms with Crippen molar-refractivity contribution in [2.45, 2.75) is 70.2 Å². The van der Waals surface area contributed by atoms with Crippen molar-refractivity contribution in [1.29, 1.82) is 0 Å². The van der Waals surface area contributed by atoms with Crippen LogP contribution in [0.4, 0.5) is 0 Å². The Bertz CT molecular complexity index is 1330. The smallest absolute Gasteiger partial charge is 0.243 e. The van der Waals surface area contributed by atoms with E-state index in [-0.39, 0.29) is 16.8 Å². The van der Waals surface area contributed by atoms with Crippen LogP contribution in [0, 0.1) is 0 Å². The third-order valence-corrected chi connectivity index (χ3v) is 9.16. The van der Waals surface area contributed by atoms with Gasteiger partial charge in [-0.3, -0.25) is 4.79 Å². The lowest BCUT2D eigenvalue weighted by atomic mass is 9.89. The molecule has 1 unspecified atom stereocenters. The number of aromatic nitrogens is 2. The summed E-state index contributed by atoms with van der Waals surface area (Å²) in [5, 5.41) is 3.12. The lowest BCUT2D eigenvalue weighted by Crippen LogP contribution is -2.30. The molecule has 3 aromatic rings. The molecule has 0 aliphatic heterocycles. The van der Waals surface area contributed by atoms with Crippen molar-refractivity contribution in [2.75, 3.05) is 13.1 Å². The molecular weight excluding hydrogens is 460 g/mol. The number of rotatable bonds is 9. The number of benzene rings is 2. The maximum Gasteiger partial charge on any atom is 0.243 e. The van der Waals surface area contributed by atoms with Crippen LogP contribution in [0.25, 0.3) is 11.0 Å². The van der Waals surface area contributed by atoms with E-state index in [0.717, 1.165) is 29.7 Å². The summed E-state index contributed by atoms with van der Waals surface area (Å²) in [5.74, 6) is 0.737. The molecule has 0 fully saturated rings. The first-order valence-electron chi connectivity index (χ1n) is 12.6. The molecule has 0 radical (unpaired) electrons. The average molecular weight is 497 g/mol. The highest BCUT2D eigenvalue weighted by atomic mass is 32.2. The molecule has 1 aliphatic rings. The van der Waals surface area contributed by atoms with Gasteiger partial charge in [0.1, 0.15) is 5.82 Å². The van der Waals surface area contributed by atoms with Crippen LogP contribution in [-0.4, -0.2) is 41.3 Å². The van der Waals surface area contributed by atoms with Crippen molar-refractivity contribution in [3.63, 3.8) is 0 Å². The minimum absolute atomic E-state index is 0.0212. The number of carbonyl (C=O) groups excluding carboxylic acids is 1. The molecule has 2 aromatic carbocycles. The second-order valence-electron chi connectivity index (χ2n) is 9.35. The van der Waals surface area contributed by atoms with Crippen LogP contribution in [0.2, 0.25) is 0 Å². The van der Waals surface area contributed by atoms with Crippen LogP contribution < -0.4 is 5.32 Å². The number of nitrogens with zero attached hydrogens (tertiary/aromatic N) is 3. The Balaban J connectivity index is 1.43. The molecule has 0 spiro atoms. The molecule has 35 heavy (non-hydrogen) atoms. The number of sulfonamides is 1. The number of hydrogen-bond donors (Lipinski definition) is 1. The number of nitrogens with one attached hydrogen (secondary N) is 1. The summed E-state index contributed by atoms with van der Waals surface area (Å²) in [6.07, 6.45) is 5.56. The fourth-order valence-electron chi connectivity index (χ4n) is 4.97. The fourth-order valence-corrected chi connectivity index (χ4v) is 6.45. The number of fused-ring (bicyclic) bond motifs is 2. The van der Waals surface area contributed by atoms with E-state index in [1.165, 1.54) is 28.3 Å². The SMILES string of the molecule is CCN(CC)S(=O)(=O)c1ccc2c(c1)nc(CCC(=O)NC(C)c1ccc3c(c1)CCCC3)n2C. The van der Waals surface area contributed by atoms with Gasteiger partial charge < -0.3 is 9.88 Å². The second kappa shape index (κ2) is 10.5. The Hall–Kier alpha value is -2.71. The van der Waals surface area contributed by atoms with Gasteiger partial charge in [-0.05, 0) is 67.5 Å². The Morgan fingerprint density at radius 2 is 1.80 bits per heavy atom. The first-order valence-corrected chi connectivity index (χ1v) is 14.0. The lowest BCUT2D eigenvalue weighted by Gasteiger charge is -2.20. The summed E-state index contributed by atoms with van der Waals surface area (Å²) < 4.78 is 29.1. The molecule has 0 bridgehead atoms. The Kier molecular flexibility index (Phi) is 7.62. The van der Waals surface area contributed by atoms with Gasteiger partial charge in [-0.25, -0.2) is 13.4 Å². The van der Waals surface area contributed by atoms with E-state index in [1.54, 1.807) is 18.2 Å². The maximum absolute atomic E-state index is 12.9. The molecule has 188 valence electrons. The monoisotopic (exact) mass is 496 g/mol. The first kappa shape index (κ1) is 25.4. The van der Waals surface area contributed by atoms with Gasteiger partial charge in [0.25, 0.3) is 0 Å². The van der Waals surface area contributed by atoms with Gasteiger partial charge in [-0.15, -0.1) is 0 Å². The third-order valence-electron chi connectivity index (χ3n) is 7.11. The Morgan fingerprint density at radius 3 is 2.51 bits per heavy atom. The third kappa shape index (κ3) is 5.28. The van der Waals surface area contributed by atoms with E-state index >= 15 is 0 Å². The zero-order chi connectivity index (χ0) is 25.2. The van der Waals surface area contributed by atoms with Crippen LogP contribution >= 0.6 is 0 Å². The van der Waals surface area contributed by atoms with E-state index in [0.29, 0.717) is 31.4 Å². The molecule has 1 aromatic heterocycles. The van der Waals surface area contributed by atoms with Crippen LogP contribution in [0.1, 0.15) is 68.6 Å². The van der Waals surface area contributed by atoms with Crippen LogP contribution in [-0.2, 0) is 41.1 Å². The van der Waals surface area contributed by atoms with Crippen molar-refractivity contribution in [3.05, 3.63) is 58.9 Å². The molecule has 0 saturated heterocycles. The van der Waals surface area contributed by atoms with E-state index in [4.69, 9.17) is 0 Å². The topological polar surface area (TPSA) is 84.3 Å². The van der Waals surface area contributed by atoms with Crippen LogP contribution in [0.5, 0.6) is 0 Å². The zero-order valence-electron chi connectivity index (χ0n) is 21.2. The largest absolute Gasteiger partial charge is 0.350 e. The van der Waals surface area contributed by atoms with Crippen molar-refractivity contribution in [1.82, 2.24) is 19.2 Å². The Morgan fingerprint density at radius 1 is 1.09 bits per heavy atom. The summed E-state index contributed by atoms with van der Waals surface area (Å²) in [6, 6.07) is 11.6. The van der Waals surface area contributed by atoms with Gasteiger partial charge in [0.2, 0.25) is 15.9 Å². The van der Waals surface area contributed by atoms with Crippen LogP contribution in [0.3, 0.4) is 0 Å². The minimum atomic E-state index is -3.55. The Labute approximate surface area is 208 Å². The zero-order valence-corrected chi connectivity index (χ0v) is 22.0. The van der Waals surface area contributed by atoms with E-state index in [2.05, 4.69) is 28.5 Å². The van der Waals surface area contributed by atoms with E-state index in [9.17, 15) is 13.2 Å². The molecule has 7 nitrogen and oxygen atoms in total. The van der Waals surface area contributed by atoms with Gasteiger partial charge in [0.15, 0.2) is 0 Å². The molecule has 8 heteroatoms. The van der Waals surface area contributed by atoms with E-state index in [1.807, 2.05) is 32.4 Å². The molecule has 1 atom stereocenters. The molecule has 1 heterocycles. The highest BCUT2D eigenvalue weighted by Gasteiger charge is 2.23.